The monoisotopic (exact) mass is 139 g/mol. The van der Waals surface area contributed by atoms with Crippen molar-refractivity contribution >= 4 is 0 Å². The standard InChI is InChI=1S/C9H17N/c1-5-6-7-8-10-9(2,3)4/h1,10H,6-8H2,2-4H3. The first kappa shape index (κ1) is 9.52. The van der Waals surface area contributed by atoms with Crippen LogP contribution in [0.3, 0.4) is 0 Å². The fourth-order valence-corrected chi connectivity index (χ4v) is 0.654. The highest BCUT2D eigenvalue weighted by Crippen LogP contribution is 1.98. The third-order valence-corrected chi connectivity index (χ3v) is 1.15. The van der Waals surface area contributed by atoms with Gasteiger partial charge < -0.3 is 5.32 Å². The lowest BCUT2D eigenvalue weighted by molar-refractivity contribution is 0.424. The fourth-order valence-electron chi connectivity index (χ4n) is 0.654. The Balaban J connectivity index is 3.14. The number of hydrogen-bond donors (Lipinski definition) is 1. The van der Waals surface area contributed by atoms with Gasteiger partial charge in [0.15, 0.2) is 0 Å². The molecule has 58 valence electrons. The molecular weight excluding hydrogens is 122 g/mol. The van der Waals surface area contributed by atoms with E-state index in [4.69, 9.17) is 6.42 Å². The van der Waals surface area contributed by atoms with E-state index < -0.39 is 0 Å². The first-order chi connectivity index (χ1) is 4.56. The molecule has 0 aromatic carbocycles. The van der Waals surface area contributed by atoms with Crippen LogP contribution >= 0.6 is 0 Å². The van der Waals surface area contributed by atoms with Crippen LogP contribution in [0.25, 0.3) is 0 Å². The van der Waals surface area contributed by atoms with E-state index in [-0.39, 0.29) is 5.54 Å². The average molecular weight is 139 g/mol. The summed E-state index contributed by atoms with van der Waals surface area (Å²) in [6, 6.07) is 0. The summed E-state index contributed by atoms with van der Waals surface area (Å²) >= 11 is 0. The van der Waals surface area contributed by atoms with Crippen molar-refractivity contribution in [3.63, 3.8) is 0 Å². The molecule has 1 nitrogen and oxygen atoms in total. The summed E-state index contributed by atoms with van der Waals surface area (Å²) in [4.78, 5) is 0. The van der Waals surface area contributed by atoms with Gasteiger partial charge in [0.05, 0.1) is 0 Å². The molecule has 0 aromatic heterocycles. The van der Waals surface area contributed by atoms with Crippen LogP contribution in [-0.4, -0.2) is 12.1 Å². The summed E-state index contributed by atoms with van der Waals surface area (Å²) in [5.41, 5.74) is 0.231. The molecule has 0 aliphatic rings. The van der Waals surface area contributed by atoms with Crippen molar-refractivity contribution in [2.45, 2.75) is 39.2 Å². The second-order valence-electron chi connectivity index (χ2n) is 3.48. The molecule has 0 aromatic rings. The van der Waals surface area contributed by atoms with E-state index in [1.807, 2.05) is 0 Å². The summed E-state index contributed by atoms with van der Waals surface area (Å²) in [7, 11) is 0. The molecular formula is C9H17N. The van der Waals surface area contributed by atoms with Crippen LogP contribution in [-0.2, 0) is 0 Å². The number of terminal acetylenes is 1. The SMILES string of the molecule is C#CCCCNC(C)(C)C. The molecule has 0 atom stereocenters. The van der Waals surface area contributed by atoms with Gasteiger partial charge in [-0.1, -0.05) is 0 Å². The van der Waals surface area contributed by atoms with Crippen molar-refractivity contribution in [2.24, 2.45) is 0 Å². The Kier molecular flexibility index (Phi) is 4.14. The van der Waals surface area contributed by atoms with Gasteiger partial charge in [-0.3, -0.25) is 0 Å². The fraction of sp³-hybridized carbons (Fsp3) is 0.778. The second kappa shape index (κ2) is 4.35. The predicted molar refractivity (Wildman–Crippen MR) is 45.8 cm³/mol. The molecule has 0 rings (SSSR count). The Bertz CT molecular complexity index is 114. The molecule has 0 bridgehead atoms. The van der Waals surface area contributed by atoms with Crippen LogP contribution in [0.15, 0.2) is 0 Å². The lowest BCUT2D eigenvalue weighted by Crippen LogP contribution is -2.36. The highest BCUT2D eigenvalue weighted by Gasteiger charge is 2.06. The van der Waals surface area contributed by atoms with E-state index in [1.165, 1.54) is 0 Å². The Labute approximate surface area is 64.2 Å². The number of nitrogens with one attached hydrogen (secondary N) is 1. The van der Waals surface area contributed by atoms with E-state index in [0.29, 0.717) is 0 Å². The van der Waals surface area contributed by atoms with E-state index in [1.54, 1.807) is 0 Å². The van der Waals surface area contributed by atoms with Crippen LogP contribution in [0.2, 0.25) is 0 Å². The highest BCUT2D eigenvalue weighted by molar-refractivity contribution is 4.83. The highest BCUT2D eigenvalue weighted by atomic mass is 14.9. The summed E-state index contributed by atoms with van der Waals surface area (Å²) < 4.78 is 0. The Morgan fingerprint density at radius 1 is 1.40 bits per heavy atom. The third kappa shape index (κ3) is 7.52. The molecule has 0 saturated heterocycles. The smallest absolute Gasteiger partial charge is 0.00981 e. The van der Waals surface area contributed by atoms with Crippen LogP contribution in [0.1, 0.15) is 33.6 Å². The summed E-state index contributed by atoms with van der Waals surface area (Å²) in [6.45, 7) is 7.49. The molecule has 0 aliphatic carbocycles. The number of unbranched alkanes of at least 4 members (excludes halogenated alkanes) is 1. The maximum Gasteiger partial charge on any atom is 0.00981 e. The maximum absolute atomic E-state index is 5.10. The van der Waals surface area contributed by atoms with Gasteiger partial charge in [0.1, 0.15) is 0 Å². The van der Waals surface area contributed by atoms with E-state index in [0.717, 1.165) is 19.4 Å². The van der Waals surface area contributed by atoms with Crippen LogP contribution in [0.5, 0.6) is 0 Å². The molecule has 1 heteroatoms. The quantitative estimate of drug-likeness (QED) is 0.464. The molecule has 0 saturated carbocycles. The number of rotatable bonds is 3. The van der Waals surface area contributed by atoms with E-state index in [9.17, 15) is 0 Å². The Hall–Kier alpha value is -0.480. The molecule has 0 spiro atoms. The van der Waals surface area contributed by atoms with Gasteiger partial charge in [-0.25, -0.2) is 0 Å². The van der Waals surface area contributed by atoms with E-state index in [2.05, 4.69) is 32.0 Å². The Morgan fingerprint density at radius 2 is 2.00 bits per heavy atom. The third-order valence-electron chi connectivity index (χ3n) is 1.15. The van der Waals surface area contributed by atoms with Gasteiger partial charge in [0.25, 0.3) is 0 Å². The first-order valence-electron chi connectivity index (χ1n) is 3.75. The molecule has 10 heavy (non-hydrogen) atoms. The van der Waals surface area contributed by atoms with Crippen molar-refractivity contribution in [3.8, 4) is 12.3 Å². The summed E-state index contributed by atoms with van der Waals surface area (Å²) in [5, 5.41) is 3.36. The van der Waals surface area contributed by atoms with Crippen molar-refractivity contribution in [1.82, 2.24) is 5.32 Å². The first-order valence-corrected chi connectivity index (χ1v) is 3.75. The van der Waals surface area contributed by atoms with Crippen LogP contribution < -0.4 is 5.32 Å². The van der Waals surface area contributed by atoms with Gasteiger partial charge >= 0.3 is 0 Å². The average Bonchev–Trinajstić information content (AvgIpc) is 1.78. The predicted octanol–water partition coefficient (Wildman–Crippen LogP) is 1.79. The zero-order valence-electron chi connectivity index (χ0n) is 7.20. The lowest BCUT2D eigenvalue weighted by atomic mass is 10.1. The minimum Gasteiger partial charge on any atom is -0.312 e. The molecule has 0 unspecified atom stereocenters. The summed E-state index contributed by atoms with van der Waals surface area (Å²) in [6.07, 6.45) is 7.06. The molecule has 0 fully saturated rings. The van der Waals surface area contributed by atoms with Crippen molar-refractivity contribution in [3.05, 3.63) is 0 Å². The van der Waals surface area contributed by atoms with Gasteiger partial charge in [0.2, 0.25) is 0 Å². The molecule has 0 aliphatic heterocycles. The largest absolute Gasteiger partial charge is 0.312 e. The van der Waals surface area contributed by atoms with Crippen molar-refractivity contribution in [2.75, 3.05) is 6.54 Å². The van der Waals surface area contributed by atoms with E-state index >= 15 is 0 Å². The topological polar surface area (TPSA) is 12.0 Å². The molecule has 0 radical (unpaired) electrons. The number of hydrogen-bond acceptors (Lipinski definition) is 1. The minimum absolute atomic E-state index is 0.231. The zero-order chi connectivity index (χ0) is 8.04. The summed E-state index contributed by atoms with van der Waals surface area (Å²) in [5.74, 6) is 2.61. The zero-order valence-corrected chi connectivity index (χ0v) is 7.20. The lowest BCUT2D eigenvalue weighted by Gasteiger charge is -2.19. The van der Waals surface area contributed by atoms with Crippen LogP contribution in [0, 0.1) is 12.3 Å². The van der Waals surface area contributed by atoms with Crippen molar-refractivity contribution < 1.29 is 0 Å². The van der Waals surface area contributed by atoms with Gasteiger partial charge in [-0.2, -0.15) is 0 Å². The Morgan fingerprint density at radius 3 is 2.40 bits per heavy atom. The van der Waals surface area contributed by atoms with Gasteiger partial charge in [-0.15, -0.1) is 12.3 Å². The minimum atomic E-state index is 0.231. The molecule has 0 heterocycles. The second-order valence-corrected chi connectivity index (χ2v) is 3.48. The van der Waals surface area contributed by atoms with Crippen molar-refractivity contribution in [1.29, 1.82) is 0 Å². The van der Waals surface area contributed by atoms with Crippen LogP contribution in [0.4, 0.5) is 0 Å². The normalized spacial score (nSPS) is 11.0. The maximum atomic E-state index is 5.10. The van der Waals surface area contributed by atoms with Gasteiger partial charge in [0, 0.05) is 12.0 Å². The molecule has 0 amide bonds. The molecule has 1 N–H and O–H groups in total. The van der Waals surface area contributed by atoms with Gasteiger partial charge in [-0.05, 0) is 33.7 Å².